The van der Waals surface area contributed by atoms with Gasteiger partial charge in [-0.1, -0.05) is 5.57 Å². The molecule has 12 N–H and O–H groups in total. The summed E-state index contributed by atoms with van der Waals surface area (Å²) in [7, 11) is 0. The summed E-state index contributed by atoms with van der Waals surface area (Å²) in [6.07, 6.45) is 0.101. The van der Waals surface area contributed by atoms with Gasteiger partial charge in [0.15, 0.2) is 0 Å². The molecule has 5 unspecified atom stereocenters. The van der Waals surface area contributed by atoms with E-state index >= 15 is 0 Å². The van der Waals surface area contributed by atoms with Gasteiger partial charge in [-0.05, 0) is 51.9 Å². The van der Waals surface area contributed by atoms with Crippen LogP contribution >= 0.6 is 0 Å². The van der Waals surface area contributed by atoms with Crippen molar-refractivity contribution in [1.82, 2.24) is 47.1 Å². The Labute approximate surface area is 327 Å². The Morgan fingerprint density at radius 3 is 1.35 bits per heavy atom. The maximum atomic E-state index is 13.8. The minimum Gasteiger partial charge on any atom is -0.396 e. The number of carbonyl (C=O) groups is 9. The van der Waals surface area contributed by atoms with Crippen molar-refractivity contribution in [3.8, 4) is 0 Å². The lowest BCUT2D eigenvalue weighted by Crippen LogP contribution is -2.61. The molecule has 1 aliphatic rings. The minimum atomic E-state index is -1.74. The molecule has 0 aromatic carbocycles. The van der Waals surface area contributed by atoms with Gasteiger partial charge in [0.25, 0.3) is 5.91 Å². The van der Waals surface area contributed by atoms with Crippen LogP contribution in [0.5, 0.6) is 0 Å². The van der Waals surface area contributed by atoms with Crippen LogP contribution < -0.4 is 31.9 Å². The van der Waals surface area contributed by atoms with Gasteiger partial charge >= 0.3 is 0 Å². The first kappa shape index (κ1) is 49.7. The fourth-order valence-corrected chi connectivity index (χ4v) is 5.11. The van der Waals surface area contributed by atoms with E-state index in [9.17, 15) is 69.0 Å². The number of nitrogens with one attached hydrogen (secondary N) is 6. The van der Waals surface area contributed by atoms with Crippen molar-refractivity contribution in [1.29, 1.82) is 0 Å². The van der Waals surface area contributed by atoms with Crippen LogP contribution in [0.3, 0.4) is 0 Å². The van der Waals surface area contributed by atoms with Gasteiger partial charge in [-0.2, -0.15) is 0 Å². The highest BCUT2D eigenvalue weighted by molar-refractivity contribution is 5.97. The van der Waals surface area contributed by atoms with E-state index in [1.54, 1.807) is 6.92 Å². The van der Waals surface area contributed by atoms with E-state index in [1.165, 1.54) is 0 Å². The number of hydrogen-bond acceptors (Lipinski definition) is 15. The van der Waals surface area contributed by atoms with Crippen molar-refractivity contribution >= 4 is 53.2 Å². The minimum absolute atomic E-state index is 0.101. The molecule has 24 heteroatoms. The number of hydrogen-bond donors (Lipinski definition) is 12. The summed E-state index contributed by atoms with van der Waals surface area (Å²) < 4.78 is 0. The summed E-state index contributed by atoms with van der Waals surface area (Å²) in [5.74, 6) is -8.53. The first-order valence-corrected chi connectivity index (χ1v) is 18.1. The van der Waals surface area contributed by atoms with Crippen molar-refractivity contribution < 1.29 is 74.1 Å². The Kier molecular flexibility index (Phi) is 22.5. The van der Waals surface area contributed by atoms with Gasteiger partial charge in [-0.3, -0.25) is 58.8 Å². The standard InChI is InChI=1S/C33H55N9O15/c1-19(10-14-43)15-28(49)42(57)13-6-7-22-30(51)36-23(8-4-11-40(55)20(2)46)31(52)37-24(9-5-12-41(56)21(3)47)32(53)39-26(18-45)33(54)38-25(17-44)29(50)34-16-27(48)35-22/h15,22-26,43-45,55-57H,4-14,16-18H2,1-3H3,(H,34,50)(H,35,48)(H,36,51)(H,37,52)(H,38,54)(H,39,53). The van der Waals surface area contributed by atoms with Crippen LogP contribution in [0.2, 0.25) is 0 Å². The highest BCUT2D eigenvalue weighted by atomic mass is 16.5. The molecule has 0 spiro atoms. The summed E-state index contributed by atoms with van der Waals surface area (Å²) in [5.41, 5.74) is 0.471. The van der Waals surface area contributed by atoms with E-state index < -0.39 is 103 Å². The molecule has 57 heavy (non-hydrogen) atoms. The topological polar surface area (TPSA) is 357 Å². The summed E-state index contributed by atoms with van der Waals surface area (Å²) >= 11 is 0. The quantitative estimate of drug-likeness (QED) is 0.0371. The Bertz CT molecular complexity index is 1460. The van der Waals surface area contributed by atoms with Gasteiger partial charge in [0, 0.05) is 46.2 Å². The molecule has 1 heterocycles. The Hall–Kier alpha value is -5.27. The average molecular weight is 818 g/mol. The number of carbonyl (C=O) groups excluding carboxylic acids is 9. The van der Waals surface area contributed by atoms with Crippen molar-refractivity contribution in [2.45, 2.75) is 95.9 Å². The summed E-state index contributed by atoms with van der Waals surface area (Å²) in [6, 6.07) is -8.01. The number of hydroxylamine groups is 6. The van der Waals surface area contributed by atoms with Gasteiger partial charge in [0.2, 0.25) is 47.3 Å². The zero-order valence-corrected chi connectivity index (χ0v) is 32.1. The normalized spacial score (nSPS) is 21.7. The molecule has 0 aliphatic carbocycles. The maximum absolute atomic E-state index is 13.8. The summed E-state index contributed by atoms with van der Waals surface area (Å²) in [4.78, 5) is 115. The lowest BCUT2D eigenvalue weighted by molar-refractivity contribution is -0.163. The van der Waals surface area contributed by atoms with Crippen LogP contribution in [0.25, 0.3) is 0 Å². The van der Waals surface area contributed by atoms with E-state index in [1.807, 2.05) is 0 Å². The number of aliphatic hydroxyl groups excluding tert-OH is 3. The molecule has 0 aromatic heterocycles. The Morgan fingerprint density at radius 1 is 0.579 bits per heavy atom. The van der Waals surface area contributed by atoms with Crippen LogP contribution in [0.1, 0.15) is 65.7 Å². The summed E-state index contributed by atoms with van der Waals surface area (Å²) in [6.45, 7) is -0.307. The second-order valence-electron chi connectivity index (χ2n) is 13.1. The molecule has 5 atom stereocenters. The van der Waals surface area contributed by atoms with Gasteiger partial charge in [-0.15, -0.1) is 0 Å². The van der Waals surface area contributed by atoms with E-state index in [0.29, 0.717) is 20.8 Å². The largest absolute Gasteiger partial charge is 0.396 e. The molecule has 1 saturated heterocycles. The first-order chi connectivity index (χ1) is 26.8. The fraction of sp³-hybridized carbons (Fsp3) is 0.667. The second kappa shape index (κ2) is 25.8. The third-order valence-corrected chi connectivity index (χ3v) is 8.42. The van der Waals surface area contributed by atoms with Crippen LogP contribution in [0.15, 0.2) is 11.6 Å². The van der Waals surface area contributed by atoms with E-state index in [2.05, 4.69) is 31.9 Å². The Balaban J connectivity index is 3.57. The van der Waals surface area contributed by atoms with Gasteiger partial charge < -0.3 is 47.2 Å². The maximum Gasteiger partial charge on any atom is 0.269 e. The number of rotatable bonds is 17. The van der Waals surface area contributed by atoms with Crippen LogP contribution in [-0.4, -0.2) is 176 Å². The second-order valence-corrected chi connectivity index (χ2v) is 13.1. The van der Waals surface area contributed by atoms with Crippen LogP contribution in [0.4, 0.5) is 0 Å². The van der Waals surface area contributed by atoms with Gasteiger partial charge in [0.05, 0.1) is 19.8 Å². The van der Waals surface area contributed by atoms with Crippen molar-refractivity contribution in [3.63, 3.8) is 0 Å². The molecule has 0 bridgehead atoms. The number of amides is 9. The van der Waals surface area contributed by atoms with Crippen LogP contribution in [-0.2, 0) is 43.2 Å². The number of nitrogens with zero attached hydrogens (tertiary/aromatic N) is 3. The monoisotopic (exact) mass is 817 g/mol. The van der Waals surface area contributed by atoms with Crippen molar-refractivity contribution in [2.75, 3.05) is 46.0 Å². The lowest BCUT2D eigenvalue weighted by atomic mass is 10.0. The van der Waals surface area contributed by atoms with E-state index in [0.717, 1.165) is 19.9 Å². The predicted octanol–water partition coefficient (Wildman–Crippen LogP) is -5.11. The molecule has 0 aromatic rings. The third-order valence-electron chi connectivity index (χ3n) is 8.42. The molecule has 322 valence electrons. The van der Waals surface area contributed by atoms with Crippen molar-refractivity contribution in [2.24, 2.45) is 0 Å². The van der Waals surface area contributed by atoms with E-state index in [-0.39, 0.29) is 71.2 Å². The highest BCUT2D eigenvalue weighted by Crippen LogP contribution is 2.09. The van der Waals surface area contributed by atoms with Crippen molar-refractivity contribution in [3.05, 3.63) is 11.6 Å². The molecule has 1 rings (SSSR count). The highest BCUT2D eigenvalue weighted by Gasteiger charge is 2.33. The zero-order chi connectivity index (χ0) is 43.2. The van der Waals surface area contributed by atoms with Gasteiger partial charge in [0.1, 0.15) is 30.2 Å². The molecule has 9 amide bonds. The summed E-state index contributed by atoms with van der Waals surface area (Å²) in [5, 5.41) is 73.4. The molecule has 1 fully saturated rings. The first-order valence-electron chi connectivity index (χ1n) is 18.1. The fourth-order valence-electron chi connectivity index (χ4n) is 5.11. The van der Waals surface area contributed by atoms with E-state index in [4.69, 9.17) is 5.11 Å². The molecular formula is C33H55N9O15. The molecule has 0 saturated carbocycles. The average Bonchev–Trinajstić information content (AvgIpc) is 3.15. The Morgan fingerprint density at radius 2 is 0.947 bits per heavy atom. The van der Waals surface area contributed by atoms with Crippen LogP contribution in [0, 0.1) is 0 Å². The van der Waals surface area contributed by atoms with Gasteiger partial charge in [-0.25, -0.2) is 15.2 Å². The molecule has 1 aliphatic heterocycles. The number of aliphatic hydroxyl groups is 3. The lowest BCUT2D eigenvalue weighted by Gasteiger charge is -2.28. The molecular weight excluding hydrogens is 762 g/mol. The molecule has 24 nitrogen and oxygen atoms in total. The zero-order valence-electron chi connectivity index (χ0n) is 32.1. The smallest absolute Gasteiger partial charge is 0.269 e. The predicted molar refractivity (Wildman–Crippen MR) is 192 cm³/mol. The molecule has 0 radical (unpaired) electrons. The SMILES string of the molecule is CC(=O)N(O)CCCC1NC(=O)C(CCCN(O)C(=O)C=C(C)CCO)NC(=O)CNC(=O)C(CO)NC(=O)C(CO)NC(=O)C(CCCN(O)C(C)=O)NC1=O. The third kappa shape index (κ3) is 18.5.